The Balaban J connectivity index is 2.15. The maximum absolute atomic E-state index is 12.1. The number of para-hydroxylation sites is 2. The predicted octanol–water partition coefficient (Wildman–Crippen LogP) is 4.76. The third kappa shape index (κ3) is 3.14. The van der Waals surface area contributed by atoms with E-state index in [-0.39, 0.29) is 0 Å². The lowest BCUT2D eigenvalue weighted by atomic mass is 10.1. The molecule has 0 aliphatic carbocycles. The Morgan fingerprint density at radius 2 is 1.78 bits per heavy atom. The first-order valence-electron chi connectivity index (χ1n) is 6.92. The minimum atomic E-state index is -0.462. The summed E-state index contributed by atoms with van der Waals surface area (Å²) in [4.78, 5) is 12.1. The molecule has 0 aliphatic heterocycles. The molecule has 0 bridgehead atoms. The normalized spacial score (nSPS) is 10.5. The van der Waals surface area contributed by atoms with Crippen molar-refractivity contribution in [1.29, 1.82) is 0 Å². The SMILES string of the molecule is COC(=O)c1cc2cc(Br)ccc2cc1Oc1ccccc1N. The fourth-order valence-corrected chi connectivity index (χ4v) is 2.67. The largest absolute Gasteiger partial charge is 0.465 e. The van der Waals surface area contributed by atoms with Crippen molar-refractivity contribution in [2.24, 2.45) is 0 Å². The van der Waals surface area contributed by atoms with Crippen molar-refractivity contribution in [1.82, 2.24) is 0 Å². The molecule has 0 fully saturated rings. The minimum absolute atomic E-state index is 0.348. The van der Waals surface area contributed by atoms with Crippen molar-refractivity contribution < 1.29 is 14.3 Å². The van der Waals surface area contributed by atoms with Crippen LogP contribution in [0.1, 0.15) is 10.4 Å². The van der Waals surface area contributed by atoms with Crippen LogP contribution in [0.4, 0.5) is 5.69 Å². The molecule has 0 aromatic heterocycles. The molecule has 0 radical (unpaired) electrons. The summed E-state index contributed by atoms with van der Waals surface area (Å²) < 4.78 is 11.7. The highest BCUT2D eigenvalue weighted by Gasteiger charge is 2.16. The van der Waals surface area contributed by atoms with E-state index in [1.165, 1.54) is 7.11 Å². The molecule has 0 saturated heterocycles. The van der Waals surface area contributed by atoms with Gasteiger partial charge in [0.1, 0.15) is 17.1 Å². The van der Waals surface area contributed by atoms with Gasteiger partial charge in [0.25, 0.3) is 0 Å². The predicted molar refractivity (Wildman–Crippen MR) is 93.9 cm³/mol. The van der Waals surface area contributed by atoms with E-state index in [1.54, 1.807) is 24.3 Å². The molecule has 3 aromatic carbocycles. The van der Waals surface area contributed by atoms with Crippen molar-refractivity contribution in [3.05, 3.63) is 64.6 Å². The number of ether oxygens (including phenoxy) is 2. The highest BCUT2D eigenvalue weighted by Crippen LogP contribution is 2.33. The van der Waals surface area contributed by atoms with E-state index in [9.17, 15) is 4.79 Å². The van der Waals surface area contributed by atoms with E-state index in [4.69, 9.17) is 15.2 Å². The Bertz CT molecular complexity index is 893. The Labute approximate surface area is 141 Å². The number of esters is 1. The van der Waals surface area contributed by atoms with Crippen molar-refractivity contribution in [2.75, 3.05) is 12.8 Å². The summed E-state index contributed by atoms with van der Waals surface area (Å²) in [5.74, 6) is 0.440. The fourth-order valence-electron chi connectivity index (χ4n) is 2.29. The number of rotatable bonds is 3. The molecule has 0 heterocycles. The number of carbonyl (C=O) groups is 1. The number of carbonyl (C=O) groups excluding carboxylic acids is 1. The van der Waals surface area contributed by atoms with Gasteiger partial charge in [0.05, 0.1) is 12.8 Å². The quantitative estimate of drug-likeness (QED) is 0.532. The third-order valence-corrected chi connectivity index (χ3v) is 3.94. The minimum Gasteiger partial charge on any atom is -0.465 e. The molecule has 3 aromatic rings. The fraction of sp³-hybridized carbons (Fsp3) is 0.0556. The Kier molecular flexibility index (Phi) is 4.21. The van der Waals surface area contributed by atoms with E-state index in [1.807, 2.05) is 30.3 Å². The van der Waals surface area contributed by atoms with Gasteiger partial charge in [-0.25, -0.2) is 4.79 Å². The number of benzene rings is 3. The summed E-state index contributed by atoms with van der Waals surface area (Å²) in [5, 5.41) is 1.86. The van der Waals surface area contributed by atoms with Crippen LogP contribution in [0.15, 0.2) is 59.1 Å². The number of hydrogen-bond acceptors (Lipinski definition) is 4. The van der Waals surface area contributed by atoms with Crippen LogP contribution in [0.2, 0.25) is 0 Å². The van der Waals surface area contributed by atoms with Crippen LogP contribution >= 0.6 is 15.9 Å². The average Bonchev–Trinajstić information content (AvgIpc) is 2.56. The molecule has 0 spiro atoms. The molecule has 0 amide bonds. The summed E-state index contributed by atoms with van der Waals surface area (Å²) >= 11 is 3.43. The lowest BCUT2D eigenvalue weighted by molar-refractivity contribution is 0.0598. The van der Waals surface area contributed by atoms with Crippen LogP contribution in [0.5, 0.6) is 11.5 Å². The molecular formula is C18H14BrNO3. The monoisotopic (exact) mass is 371 g/mol. The van der Waals surface area contributed by atoms with Gasteiger partial charge in [-0.2, -0.15) is 0 Å². The summed E-state index contributed by atoms with van der Waals surface area (Å²) in [5.41, 5.74) is 6.76. The molecular weight excluding hydrogens is 358 g/mol. The molecule has 116 valence electrons. The highest BCUT2D eigenvalue weighted by molar-refractivity contribution is 9.10. The Morgan fingerprint density at radius 1 is 1.00 bits per heavy atom. The van der Waals surface area contributed by atoms with Crippen LogP contribution in [0.25, 0.3) is 10.8 Å². The van der Waals surface area contributed by atoms with Crippen molar-refractivity contribution in [3.8, 4) is 11.5 Å². The van der Waals surface area contributed by atoms with E-state index < -0.39 is 5.97 Å². The van der Waals surface area contributed by atoms with Gasteiger partial charge in [0.2, 0.25) is 0 Å². The van der Waals surface area contributed by atoms with E-state index in [0.717, 1.165) is 15.2 Å². The molecule has 0 saturated carbocycles. The van der Waals surface area contributed by atoms with E-state index in [0.29, 0.717) is 22.7 Å². The summed E-state index contributed by atoms with van der Waals surface area (Å²) in [7, 11) is 1.34. The van der Waals surface area contributed by atoms with Crippen molar-refractivity contribution in [2.45, 2.75) is 0 Å². The first-order valence-corrected chi connectivity index (χ1v) is 7.72. The first kappa shape index (κ1) is 15.4. The van der Waals surface area contributed by atoms with Crippen LogP contribution in [-0.4, -0.2) is 13.1 Å². The first-order chi connectivity index (χ1) is 11.1. The number of nitrogen functional groups attached to an aromatic ring is 1. The average molecular weight is 372 g/mol. The highest BCUT2D eigenvalue weighted by atomic mass is 79.9. The van der Waals surface area contributed by atoms with Crippen LogP contribution in [-0.2, 0) is 4.74 Å². The molecule has 3 rings (SSSR count). The molecule has 0 aliphatic rings. The molecule has 23 heavy (non-hydrogen) atoms. The summed E-state index contributed by atoms with van der Waals surface area (Å²) in [6.07, 6.45) is 0. The number of methoxy groups -OCH3 is 1. The third-order valence-electron chi connectivity index (χ3n) is 3.44. The van der Waals surface area contributed by atoms with Crippen LogP contribution in [0, 0.1) is 0 Å². The number of nitrogens with two attached hydrogens (primary N) is 1. The second-order valence-corrected chi connectivity index (χ2v) is 5.89. The molecule has 0 unspecified atom stereocenters. The number of halogens is 1. The van der Waals surface area contributed by atoms with Gasteiger partial charge in [0.15, 0.2) is 0 Å². The van der Waals surface area contributed by atoms with Crippen LogP contribution in [0.3, 0.4) is 0 Å². The topological polar surface area (TPSA) is 61.5 Å². The molecule has 2 N–H and O–H groups in total. The maximum atomic E-state index is 12.1. The lowest BCUT2D eigenvalue weighted by Crippen LogP contribution is -2.04. The second-order valence-electron chi connectivity index (χ2n) is 4.97. The standard InChI is InChI=1S/C18H14BrNO3/c1-22-18(21)14-9-12-8-13(19)7-6-11(12)10-17(14)23-16-5-3-2-4-15(16)20/h2-10H,20H2,1H3. The van der Waals surface area contributed by atoms with Crippen molar-refractivity contribution in [3.63, 3.8) is 0 Å². The van der Waals surface area contributed by atoms with Gasteiger partial charge >= 0.3 is 5.97 Å². The number of hydrogen-bond donors (Lipinski definition) is 1. The molecule has 0 atom stereocenters. The summed E-state index contributed by atoms with van der Waals surface area (Å²) in [6, 6.07) is 16.5. The van der Waals surface area contributed by atoms with Gasteiger partial charge in [-0.3, -0.25) is 0 Å². The number of fused-ring (bicyclic) bond motifs is 1. The smallest absolute Gasteiger partial charge is 0.341 e. The zero-order valence-corrected chi connectivity index (χ0v) is 14.0. The van der Waals surface area contributed by atoms with Crippen LogP contribution < -0.4 is 10.5 Å². The Hall–Kier alpha value is -2.53. The van der Waals surface area contributed by atoms with Gasteiger partial charge in [-0.05, 0) is 47.2 Å². The molecule has 5 heteroatoms. The number of anilines is 1. The Morgan fingerprint density at radius 3 is 2.52 bits per heavy atom. The zero-order chi connectivity index (χ0) is 16.4. The zero-order valence-electron chi connectivity index (χ0n) is 12.4. The molecule has 4 nitrogen and oxygen atoms in total. The van der Waals surface area contributed by atoms with Gasteiger partial charge in [-0.15, -0.1) is 0 Å². The van der Waals surface area contributed by atoms with Gasteiger partial charge in [0, 0.05) is 4.47 Å². The maximum Gasteiger partial charge on any atom is 0.341 e. The van der Waals surface area contributed by atoms with E-state index in [2.05, 4.69) is 15.9 Å². The van der Waals surface area contributed by atoms with Gasteiger partial charge < -0.3 is 15.2 Å². The van der Waals surface area contributed by atoms with E-state index >= 15 is 0 Å². The second kappa shape index (κ2) is 6.30. The van der Waals surface area contributed by atoms with Crippen molar-refractivity contribution >= 4 is 38.4 Å². The van der Waals surface area contributed by atoms with Gasteiger partial charge in [-0.1, -0.05) is 34.1 Å². The lowest BCUT2D eigenvalue weighted by Gasteiger charge is -2.13. The summed E-state index contributed by atoms with van der Waals surface area (Å²) in [6.45, 7) is 0.